The Hall–Kier alpha value is -0.980. The number of amides is 2. The van der Waals surface area contributed by atoms with Gasteiger partial charge < -0.3 is 5.11 Å². The highest BCUT2D eigenvalue weighted by molar-refractivity contribution is 9.10. The highest BCUT2D eigenvalue weighted by Crippen LogP contribution is 2.36. The standard InChI is InChI=1S/C11H7BrClNO3S/c1-14-10(16)8(18-11(14)17)4-5-2-6(12)9(15)7(13)3-5/h2-4,15H,1H3. The van der Waals surface area contributed by atoms with Gasteiger partial charge in [0, 0.05) is 7.05 Å². The summed E-state index contributed by atoms with van der Waals surface area (Å²) in [5.41, 5.74) is 0.628. The molecule has 2 rings (SSSR count). The maximum absolute atomic E-state index is 11.7. The number of hydrogen-bond acceptors (Lipinski definition) is 4. The molecule has 1 aromatic rings. The molecule has 4 nitrogen and oxygen atoms in total. The van der Waals surface area contributed by atoms with Crippen LogP contribution >= 0.6 is 39.3 Å². The molecular weight excluding hydrogens is 342 g/mol. The van der Waals surface area contributed by atoms with Crippen LogP contribution in [0.5, 0.6) is 5.75 Å². The number of benzene rings is 1. The molecule has 0 radical (unpaired) electrons. The van der Waals surface area contributed by atoms with Crippen molar-refractivity contribution in [1.82, 2.24) is 4.90 Å². The third-order valence-corrected chi connectivity index (χ3v) is 4.18. The molecule has 0 saturated carbocycles. The number of halogens is 2. The van der Waals surface area contributed by atoms with E-state index in [9.17, 15) is 14.7 Å². The summed E-state index contributed by atoms with van der Waals surface area (Å²) in [4.78, 5) is 24.4. The number of carbonyl (C=O) groups is 2. The number of imide groups is 1. The molecule has 0 atom stereocenters. The Morgan fingerprint density at radius 2 is 2.11 bits per heavy atom. The van der Waals surface area contributed by atoms with Gasteiger partial charge in [0.2, 0.25) is 0 Å². The highest BCUT2D eigenvalue weighted by Gasteiger charge is 2.31. The van der Waals surface area contributed by atoms with Crippen molar-refractivity contribution < 1.29 is 14.7 Å². The fourth-order valence-electron chi connectivity index (χ4n) is 1.37. The van der Waals surface area contributed by atoms with Gasteiger partial charge in [-0.05, 0) is 51.5 Å². The Morgan fingerprint density at radius 1 is 1.44 bits per heavy atom. The lowest BCUT2D eigenvalue weighted by molar-refractivity contribution is -0.121. The molecule has 0 spiro atoms. The maximum Gasteiger partial charge on any atom is 0.293 e. The molecule has 1 heterocycles. The Kier molecular flexibility index (Phi) is 3.70. The van der Waals surface area contributed by atoms with Crippen molar-refractivity contribution in [2.45, 2.75) is 0 Å². The van der Waals surface area contributed by atoms with Crippen molar-refractivity contribution in [1.29, 1.82) is 0 Å². The van der Waals surface area contributed by atoms with Crippen molar-refractivity contribution >= 4 is 56.5 Å². The number of phenols is 1. The summed E-state index contributed by atoms with van der Waals surface area (Å²) < 4.78 is 0.428. The number of phenolic OH excluding ortho intramolecular Hbond substituents is 1. The molecule has 0 bridgehead atoms. The van der Waals surface area contributed by atoms with E-state index in [-0.39, 0.29) is 21.9 Å². The van der Waals surface area contributed by atoms with Crippen LogP contribution in [0, 0.1) is 0 Å². The summed E-state index contributed by atoms with van der Waals surface area (Å²) in [5.74, 6) is -0.400. The Morgan fingerprint density at radius 3 is 2.61 bits per heavy atom. The lowest BCUT2D eigenvalue weighted by atomic mass is 10.2. The zero-order chi connectivity index (χ0) is 13.4. The molecule has 0 unspecified atom stereocenters. The summed E-state index contributed by atoms with van der Waals surface area (Å²) >= 11 is 9.84. The third kappa shape index (κ3) is 2.41. The van der Waals surface area contributed by atoms with Gasteiger partial charge >= 0.3 is 0 Å². The molecule has 1 N–H and O–H groups in total. The summed E-state index contributed by atoms with van der Waals surface area (Å²) in [7, 11) is 1.43. The summed E-state index contributed by atoms with van der Waals surface area (Å²) in [6.07, 6.45) is 1.56. The number of hydrogen-bond donors (Lipinski definition) is 1. The van der Waals surface area contributed by atoms with E-state index < -0.39 is 0 Å². The Balaban J connectivity index is 2.40. The molecule has 1 aliphatic rings. The number of rotatable bonds is 1. The largest absolute Gasteiger partial charge is 0.505 e. The molecule has 1 aromatic carbocycles. The third-order valence-electron chi connectivity index (χ3n) is 2.32. The molecule has 1 saturated heterocycles. The van der Waals surface area contributed by atoms with Crippen molar-refractivity contribution in [3.63, 3.8) is 0 Å². The molecular formula is C11H7BrClNO3S. The lowest BCUT2D eigenvalue weighted by Crippen LogP contribution is -2.22. The van der Waals surface area contributed by atoms with Gasteiger partial charge in [-0.15, -0.1) is 0 Å². The van der Waals surface area contributed by atoms with Crippen LogP contribution in [0.2, 0.25) is 5.02 Å². The van der Waals surface area contributed by atoms with E-state index in [4.69, 9.17) is 11.6 Å². The van der Waals surface area contributed by atoms with Crippen LogP contribution in [0.4, 0.5) is 4.79 Å². The SMILES string of the molecule is CN1C(=O)SC(=Cc2cc(Cl)c(O)c(Br)c2)C1=O. The van der Waals surface area contributed by atoms with Gasteiger partial charge in [0.25, 0.3) is 11.1 Å². The number of nitrogens with zero attached hydrogens (tertiary/aromatic N) is 1. The minimum atomic E-state index is -0.342. The van der Waals surface area contributed by atoms with Gasteiger partial charge in [0.05, 0.1) is 14.4 Å². The van der Waals surface area contributed by atoms with E-state index in [1.807, 2.05) is 0 Å². The monoisotopic (exact) mass is 347 g/mol. The summed E-state index contributed by atoms with van der Waals surface area (Å²) in [6.45, 7) is 0. The van der Waals surface area contributed by atoms with Crippen LogP contribution in [0.3, 0.4) is 0 Å². The molecule has 2 amide bonds. The Labute approximate surface area is 121 Å². The van der Waals surface area contributed by atoms with Gasteiger partial charge in [0.15, 0.2) is 0 Å². The van der Waals surface area contributed by atoms with E-state index in [1.54, 1.807) is 12.1 Å². The van der Waals surface area contributed by atoms with Crippen molar-refractivity contribution in [3.8, 4) is 5.75 Å². The van der Waals surface area contributed by atoms with Crippen LogP contribution in [0.15, 0.2) is 21.5 Å². The Bertz CT molecular complexity index is 565. The second kappa shape index (κ2) is 4.95. The van der Waals surface area contributed by atoms with Crippen molar-refractivity contribution in [3.05, 3.63) is 32.1 Å². The second-order valence-electron chi connectivity index (χ2n) is 3.57. The molecule has 94 valence electrons. The van der Waals surface area contributed by atoms with E-state index in [0.717, 1.165) is 16.7 Å². The quantitative estimate of drug-likeness (QED) is 0.790. The zero-order valence-electron chi connectivity index (χ0n) is 9.11. The fraction of sp³-hybridized carbons (Fsp3) is 0.0909. The van der Waals surface area contributed by atoms with Crippen LogP contribution in [-0.4, -0.2) is 28.2 Å². The zero-order valence-corrected chi connectivity index (χ0v) is 12.3. The lowest BCUT2D eigenvalue weighted by Gasteiger charge is -2.03. The first kappa shape index (κ1) is 13.5. The van der Waals surface area contributed by atoms with Gasteiger partial charge in [0.1, 0.15) is 5.75 Å². The van der Waals surface area contributed by atoms with Gasteiger partial charge in [-0.1, -0.05) is 11.6 Å². The van der Waals surface area contributed by atoms with Gasteiger partial charge in [-0.2, -0.15) is 0 Å². The number of aromatic hydroxyl groups is 1. The average molecular weight is 349 g/mol. The first-order valence-electron chi connectivity index (χ1n) is 4.79. The fourth-order valence-corrected chi connectivity index (χ4v) is 3.01. The molecule has 18 heavy (non-hydrogen) atoms. The smallest absolute Gasteiger partial charge is 0.293 e. The molecule has 7 heteroatoms. The van der Waals surface area contributed by atoms with E-state index >= 15 is 0 Å². The summed E-state index contributed by atoms with van der Waals surface area (Å²) in [6, 6.07) is 3.14. The predicted octanol–water partition coefficient (Wildman–Crippen LogP) is 3.47. The molecule has 0 aromatic heterocycles. The number of thioether (sulfide) groups is 1. The van der Waals surface area contributed by atoms with Crippen LogP contribution in [0.25, 0.3) is 6.08 Å². The molecule has 1 fully saturated rings. The minimum absolute atomic E-state index is 0.0580. The van der Waals surface area contributed by atoms with Crippen molar-refractivity contribution in [2.24, 2.45) is 0 Å². The van der Waals surface area contributed by atoms with Gasteiger partial charge in [-0.25, -0.2) is 0 Å². The van der Waals surface area contributed by atoms with E-state index in [0.29, 0.717) is 14.9 Å². The predicted molar refractivity (Wildman–Crippen MR) is 74.6 cm³/mol. The number of likely N-dealkylation sites (N-methyl/N-ethyl adjacent to an activating group) is 1. The summed E-state index contributed by atoms with van der Waals surface area (Å²) in [5, 5.41) is 9.36. The van der Waals surface area contributed by atoms with Gasteiger partial charge in [-0.3, -0.25) is 14.5 Å². The highest BCUT2D eigenvalue weighted by atomic mass is 79.9. The van der Waals surface area contributed by atoms with E-state index in [1.165, 1.54) is 13.1 Å². The van der Waals surface area contributed by atoms with Crippen LogP contribution < -0.4 is 0 Å². The van der Waals surface area contributed by atoms with Crippen molar-refractivity contribution in [2.75, 3.05) is 7.05 Å². The molecule has 0 aliphatic carbocycles. The van der Waals surface area contributed by atoms with Crippen LogP contribution in [-0.2, 0) is 4.79 Å². The first-order valence-corrected chi connectivity index (χ1v) is 6.78. The van der Waals surface area contributed by atoms with E-state index in [2.05, 4.69) is 15.9 Å². The first-order chi connectivity index (χ1) is 8.40. The number of carbonyl (C=O) groups excluding carboxylic acids is 2. The normalized spacial score (nSPS) is 17.9. The minimum Gasteiger partial charge on any atom is -0.505 e. The topological polar surface area (TPSA) is 57.6 Å². The second-order valence-corrected chi connectivity index (χ2v) is 5.83. The maximum atomic E-state index is 11.7. The van der Waals surface area contributed by atoms with Crippen LogP contribution in [0.1, 0.15) is 5.56 Å². The average Bonchev–Trinajstić information content (AvgIpc) is 2.54. The molecule has 1 aliphatic heterocycles.